The number of carbonyl (C=O) groups excluding carboxylic acids is 1. The molecule has 0 saturated heterocycles. The van der Waals surface area contributed by atoms with Crippen molar-refractivity contribution in [1.82, 2.24) is 14.9 Å². The maximum absolute atomic E-state index is 13.4. The Labute approximate surface area is 149 Å². The summed E-state index contributed by atoms with van der Waals surface area (Å²) in [5.41, 5.74) is 2.70. The molecule has 0 aliphatic heterocycles. The molecule has 0 spiro atoms. The lowest BCUT2D eigenvalue weighted by Gasteiger charge is -2.22. The molecule has 25 heavy (non-hydrogen) atoms. The number of rotatable bonds is 6. The maximum atomic E-state index is 13.4. The Balaban J connectivity index is 1.42. The van der Waals surface area contributed by atoms with Crippen molar-refractivity contribution in [2.75, 3.05) is 5.75 Å². The normalized spacial score (nSPS) is 14.0. The summed E-state index contributed by atoms with van der Waals surface area (Å²) >= 11 is 1.41. The molecule has 1 aliphatic carbocycles. The van der Waals surface area contributed by atoms with Crippen molar-refractivity contribution in [3.8, 4) is 0 Å². The van der Waals surface area contributed by atoms with Gasteiger partial charge in [-0.15, -0.1) is 0 Å². The summed E-state index contributed by atoms with van der Waals surface area (Å²) in [7, 11) is 0. The largest absolute Gasteiger partial charge is 0.335 e. The van der Waals surface area contributed by atoms with Gasteiger partial charge in [-0.25, -0.2) is 9.37 Å². The number of amides is 1. The fourth-order valence-corrected chi connectivity index (χ4v) is 3.62. The summed E-state index contributed by atoms with van der Waals surface area (Å²) in [4.78, 5) is 22.2. The zero-order valence-corrected chi connectivity index (χ0v) is 14.4. The summed E-state index contributed by atoms with van der Waals surface area (Å²) in [5.74, 6) is 0.126. The average Bonchev–Trinajstić information content (AvgIpc) is 3.36. The lowest BCUT2D eigenvalue weighted by molar-refractivity contribution is -0.129. The second-order valence-electron chi connectivity index (χ2n) is 6.23. The Bertz CT molecular complexity index is 873. The zero-order chi connectivity index (χ0) is 17.2. The number of aromatic amines is 1. The van der Waals surface area contributed by atoms with E-state index < -0.39 is 0 Å². The van der Waals surface area contributed by atoms with E-state index in [9.17, 15) is 9.18 Å². The molecule has 0 atom stereocenters. The van der Waals surface area contributed by atoms with Gasteiger partial charge >= 0.3 is 0 Å². The number of halogens is 1. The van der Waals surface area contributed by atoms with Crippen molar-refractivity contribution in [2.45, 2.75) is 30.6 Å². The van der Waals surface area contributed by atoms with Crippen LogP contribution in [0.4, 0.5) is 4.39 Å². The predicted octanol–water partition coefficient (Wildman–Crippen LogP) is 3.99. The second-order valence-corrected chi connectivity index (χ2v) is 7.19. The molecular formula is C19H18FN3OS. The molecule has 1 saturated carbocycles. The van der Waals surface area contributed by atoms with Gasteiger partial charge in [-0.3, -0.25) is 4.79 Å². The monoisotopic (exact) mass is 355 g/mol. The molecule has 128 valence electrons. The average molecular weight is 355 g/mol. The lowest BCUT2D eigenvalue weighted by atomic mass is 10.2. The molecule has 4 nitrogen and oxygen atoms in total. The van der Waals surface area contributed by atoms with Gasteiger partial charge in [0.05, 0.1) is 16.8 Å². The smallest absolute Gasteiger partial charge is 0.233 e. The van der Waals surface area contributed by atoms with Crippen molar-refractivity contribution < 1.29 is 9.18 Å². The number of benzene rings is 2. The Morgan fingerprint density at radius 3 is 2.84 bits per heavy atom. The lowest BCUT2D eigenvalue weighted by Crippen LogP contribution is -2.34. The molecule has 1 amide bonds. The highest BCUT2D eigenvalue weighted by molar-refractivity contribution is 7.99. The molecule has 1 aromatic heterocycles. The number of hydrogen-bond acceptors (Lipinski definition) is 3. The zero-order valence-electron chi connectivity index (χ0n) is 13.6. The molecular weight excluding hydrogens is 337 g/mol. The summed E-state index contributed by atoms with van der Waals surface area (Å²) in [6, 6.07) is 14.5. The van der Waals surface area contributed by atoms with E-state index in [-0.39, 0.29) is 17.8 Å². The van der Waals surface area contributed by atoms with Crippen LogP contribution in [0.2, 0.25) is 0 Å². The Hall–Kier alpha value is -2.34. The first-order chi connectivity index (χ1) is 12.2. The van der Waals surface area contributed by atoms with E-state index in [1.54, 1.807) is 6.07 Å². The molecule has 4 rings (SSSR count). The molecule has 6 heteroatoms. The van der Waals surface area contributed by atoms with Crippen LogP contribution in [0, 0.1) is 5.82 Å². The molecule has 2 aromatic carbocycles. The SMILES string of the molecule is O=C(CSc1nc2ccccc2[nH]1)N(Cc1cccc(F)c1)C1CC1. The third-order valence-electron chi connectivity index (χ3n) is 4.25. The quantitative estimate of drug-likeness (QED) is 0.680. The van der Waals surface area contributed by atoms with E-state index >= 15 is 0 Å². The fourth-order valence-electron chi connectivity index (χ4n) is 2.85. The topological polar surface area (TPSA) is 49.0 Å². The standard InChI is InChI=1S/C19H18FN3OS/c20-14-5-3-4-13(10-14)11-23(15-8-9-15)18(24)12-25-19-21-16-6-1-2-7-17(16)22-19/h1-7,10,15H,8-9,11-12H2,(H,21,22). The number of thioether (sulfide) groups is 1. The van der Waals surface area contributed by atoms with Gasteiger partial charge in [0.25, 0.3) is 0 Å². The molecule has 3 aromatic rings. The van der Waals surface area contributed by atoms with Gasteiger partial charge in [0, 0.05) is 12.6 Å². The third-order valence-corrected chi connectivity index (χ3v) is 5.11. The number of nitrogens with one attached hydrogen (secondary N) is 1. The predicted molar refractivity (Wildman–Crippen MR) is 96.8 cm³/mol. The number of nitrogens with zero attached hydrogens (tertiary/aromatic N) is 2. The van der Waals surface area contributed by atoms with Gasteiger partial charge in [-0.1, -0.05) is 36.0 Å². The van der Waals surface area contributed by atoms with E-state index in [2.05, 4.69) is 9.97 Å². The first kappa shape index (κ1) is 16.1. The molecule has 1 N–H and O–H groups in total. The number of para-hydroxylation sites is 2. The van der Waals surface area contributed by atoms with Crippen LogP contribution in [0.25, 0.3) is 11.0 Å². The summed E-state index contributed by atoms with van der Waals surface area (Å²) in [6.45, 7) is 0.460. The van der Waals surface area contributed by atoms with Crippen LogP contribution < -0.4 is 0 Å². The van der Waals surface area contributed by atoms with Gasteiger partial charge in [0.2, 0.25) is 5.91 Å². The minimum absolute atomic E-state index is 0.0669. The number of aromatic nitrogens is 2. The second kappa shape index (κ2) is 6.88. The van der Waals surface area contributed by atoms with Crippen LogP contribution in [0.1, 0.15) is 18.4 Å². The van der Waals surface area contributed by atoms with Gasteiger partial charge in [-0.2, -0.15) is 0 Å². The van der Waals surface area contributed by atoms with Gasteiger partial charge in [-0.05, 0) is 42.7 Å². The fraction of sp³-hybridized carbons (Fsp3) is 0.263. The molecule has 1 aliphatic rings. The maximum Gasteiger partial charge on any atom is 0.233 e. The molecule has 1 heterocycles. The highest BCUT2D eigenvalue weighted by Crippen LogP contribution is 2.30. The van der Waals surface area contributed by atoms with Crippen LogP contribution in [0.5, 0.6) is 0 Å². The molecule has 0 unspecified atom stereocenters. The molecule has 1 fully saturated rings. The van der Waals surface area contributed by atoms with Gasteiger partial charge in [0.1, 0.15) is 5.82 Å². The third kappa shape index (κ3) is 3.85. The van der Waals surface area contributed by atoms with E-state index in [0.717, 1.165) is 34.6 Å². The van der Waals surface area contributed by atoms with Crippen LogP contribution in [0.3, 0.4) is 0 Å². The Morgan fingerprint density at radius 2 is 2.08 bits per heavy atom. The number of carbonyl (C=O) groups is 1. The van der Waals surface area contributed by atoms with Crippen molar-refractivity contribution >= 4 is 28.7 Å². The summed E-state index contributed by atoms with van der Waals surface area (Å²) in [5, 5.41) is 0.746. The Morgan fingerprint density at radius 1 is 1.24 bits per heavy atom. The highest BCUT2D eigenvalue weighted by atomic mass is 32.2. The number of fused-ring (bicyclic) bond motifs is 1. The van der Waals surface area contributed by atoms with Crippen LogP contribution >= 0.6 is 11.8 Å². The number of imidazole rings is 1. The van der Waals surface area contributed by atoms with E-state index in [4.69, 9.17) is 0 Å². The summed E-state index contributed by atoms with van der Waals surface area (Å²) in [6.07, 6.45) is 2.05. The van der Waals surface area contributed by atoms with Crippen molar-refractivity contribution in [3.05, 3.63) is 59.9 Å². The van der Waals surface area contributed by atoms with Crippen molar-refractivity contribution in [2.24, 2.45) is 0 Å². The number of H-pyrrole nitrogens is 1. The number of hydrogen-bond donors (Lipinski definition) is 1. The van der Waals surface area contributed by atoms with Crippen molar-refractivity contribution in [1.29, 1.82) is 0 Å². The highest BCUT2D eigenvalue weighted by Gasteiger charge is 2.32. The molecule has 0 bridgehead atoms. The molecule has 0 radical (unpaired) electrons. The first-order valence-electron chi connectivity index (χ1n) is 8.30. The Kier molecular flexibility index (Phi) is 4.44. The van der Waals surface area contributed by atoms with E-state index in [1.807, 2.05) is 35.2 Å². The van der Waals surface area contributed by atoms with Crippen molar-refractivity contribution in [3.63, 3.8) is 0 Å². The van der Waals surface area contributed by atoms with Gasteiger partial charge < -0.3 is 9.88 Å². The van der Waals surface area contributed by atoms with Crippen LogP contribution in [-0.4, -0.2) is 32.6 Å². The van der Waals surface area contributed by atoms with E-state index in [0.29, 0.717) is 12.3 Å². The van der Waals surface area contributed by atoms with Crippen LogP contribution in [0.15, 0.2) is 53.7 Å². The summed E-state index contributed by atoms with van der Waals surface area (Å²) < 4.78 is 13.4. The van der Waals surface area contributed by atoms with Crippen LogP contribution in [-0.2, 0) is 11.3 Å². The minimum Gasteiger partial charge on any atom is -0.335 e. The minimum atomic E-state index is -0.266. The van der Waals surface area contributed by atoms with Gasteiger partial charge in [0.15, 0.2) is 5.16 Å². The van der Waals surface area contributed by atoms with E-state index in [1.165, 1.54) is 23.9 Å². The first-order valence-corrected chi connectivity index (χ1v) is 9.29.